The molecule has 0 rings (SSSR count). The fourth-order valence-corrected chi connectivity index (χ4v) is 0.408. The molecule has 0 spiro atoms. The highest BCUT2D eigenvalue weighted by Gasteiger charge is 1.85. The van der Waals surface area contributed by atoms with Gasteiger partial charge in [0.15, 0.2) is 0 Å². The first kappa shape index (κ1) is 4.17. The Bertz CT molecular complexity index is 33.2. The van der Waals surface area contributed by atoms with Crippen molar-refractivity contribution >= 4 is 0 Å². The molecule has 0 heteroatoms. The number of rotatable bonds is 2. The normalized spacial score (nSPS) is 12.2. The average Bonchev–Trinajstić information content (AvgIpc) is 1.61. The summed E-state index contributed by atoms with van der Waals surface area (Å²) < 4.78 is 6.80. The minimum atomic E-state index is 0.595. The summed E-state index contributed by atoms with van der Waals surface area (Å²) in [6.45, 7) is 4.98. The Hall–Kier alpha value is 0. The lowest BCUT2D eigenvalue weighted by Crippen LogP contribution is -1.81. The summed E-state index contributed by atoms with van der Waals surface area (Å²) in [5.74, 6) is 0.783. The van der Waals surface area contributed by atoms with Crippen LogP contribution in [0.15, 0.2) is 0 Å². The zero-order valence-electron chi connectivity index (χ0n) is 5.70. The van der Waals surface area contributed by atoms with Crippen molar-refractivity contribution in [3.8, 4) is 0 Å². The van der Waals surface area contributed by atoms with Gasteiger partial charge in [0.1, 0.15) is 0 Å². The van der Waals surface area contributed by atoms with Crippen molar-refractivity contribution in [3.63, 3.8) is 0 Å². The van der Waals surface area contributed by atoms with Gasteiger partial charge in [-0.15, -0.1) is 0 Å². The lowest BCUT2D eigenvalue weighted by Gasteiger charge is -1.95. The van der Waals surface area contributed by atoms with Gasteiger partial charge in [0.2, 0.25) is 0 Å². The second kappa shape index (κ2) is 3.20. The molecule has 0 aromatic heterocycles. The molecule has 0 nitrogen and oxygen atoms in total. The molecule has 0 saturated carbocycles. The highest BCUT2D eigenvalue weighted by atomic mass is 13.9. The van der Waals surface area contributed by atoms with E-state index in [9.17, 15) is 0 Å². The van der Waals surface area contributed by atoms with Crippen LogP contribution in [0.2, 0.25) is 0 Å². The standard InChI is InChI=1S/C6H14/c1-4-5-6(2)3/h6H,4-5H2,1-3H3/i1D. The molecule has 0 atom stereocenters. The van der Waals surface area contributed by atoms with Crippen LogP contribution in [0.1, 0.15) is 35.0 Å². The third kappa shape index (κ3) is 4.00. The van der Waals surface area contributed by atoms with Crippen LogP contribution in [0.4, 0.5) is 0 Å². The van der Waals surface area contributed by atoms with Gasteiger partial charge in [0.05, 0.1) is 0 Å². The van der Waals surface area contributed by atoms with Crippen LogP contribution in [0, 0.1) is 5.92 Å². The molecule has 0 aliphatic rings. The third-order valence-corrected chi connectivity index (χ3v) is 0.781. The molecule has 0 aliphatic carbocycles. The molecule has 0 aliphatic heterocycles. The van der Waals surface area contributed by atoms with E-state index in [2.05, 4.69) is 13.8 Å². The van der Waals surface area contributed by atoms with Crippen molar-refractivity contribution in [3.05, 3.63) is 0 Å². The predicted molar refractivity (Wildman–Crippen MR) is 29.7 cm³/mol. The molecule has 0 heterocycles. The van der Waals surface area contributed by atoms with Crippen LogP contribution < -0.4 is 0 Å². The summed E-state index contributed by atoms with van der Waals surface area (Å²) in [6.07, 6.45) is 2.28. The van der Waals surface area contributed by atoms with Crippen molar-refractivity contribution in [2.75, 3.05) is 0 Å². The molecule has 6 heavy (non-hydrogen) atoms. The Labute approximate surface area is 42.0 Å². The van der Waals surface area contributed by atoms with E-state index in [-0.39, 0.29) is 0 Å². The van der Waals surface area contributed by atoms with Crippen LogP contribution in [-0.2, 0) is 0 Å². The number of hydrogen-bond donors (Lipinski definition) is 0. The third-order valence-electron chi connectivity index (χ3n) is 0.781. The van der Waals surface area contributed by atoms with E-state index >= 15 is 0 Å². The number of hydrogen-bond acceptors (Lipinski definition) is 0. The monoisotopic (exact) mass is 87.1 g/mol. The van der Waals surface area contributed by atoms with Crippen molar-refractivity contribution in [1.29, 1.82) is 0 Å². The zero-order valence-corrected chi connectivity index (χ0v) is 4.70. The topological polar surface area (TPSA) is 0 Å². The first-order valence-corrected chi connectivity index (χ1v) is 2.56. The van der Waals surface area contributed by atoms with E-state index in [0.29, 0.717) is 6.90 Å². The maximum atomic E-state index is 6.80. The molecule has 0 saturated heterocycles. The Kier molecular flexibility index (Phi) is 2.22. The lowest BCUT2D eigenvalue weighted by molar-refractivity contribution is 0.576. The largest absolute Gasteiger partial charge is 0.0654 e. The molecule has 0 bridgehead atoms. The minimum Gasteiger partial charge on any atom is -0.0654 e. The Morgan fingerprint density at radius 3 is 2.50 bits per heavy atom. The van der Waals surface area contributed by atoms with Gasteiger partial charge in [0, 0.05) is 1.37 Å². The molecule has 0 amide bonds. The SMILES string of the molecule is [2H]CCCC(C)C. The summed E-state index contributed by atoms with van der Waals surface area (Å²) in [4.78, 5) is 0. The average molecular weight is 87.2 g/mol. The van der Waals surface area contributed by atoms with E-state index in [1.165, 1.54) is 6.42 Å². The van der Waals surface area contributed by atoms with E-state index in [1.54, 1.807) is 0 Å². The van der Waals surface area contributed by atoms with Gasteiger partial charge < -0.3 is 0 Å². The van der Waals surface area contributed by atoms with Gasteiger partial charge in [-0.25, -0.2) is 0 Å². The fraction of sp³-hybridized carbons (Fsp3) is 1.00. The van der Waals surface area contributed by atoms with Gasteiger partial charge in [-0.05, 0) is 5.92 Å². The van der Waals surface area contributed by atoms with Crippen LogP contribution in [0.5, 0.6) is 0 Å². The van der Waals surface area contributed by atoms with Crippen LogP contribution >= 0.6 is 0 Å². The molecule has 0 aromatic rings. The van der Waals surface area contributed by atoms with E-state index in [4.69, 9.17) is 1.37 Å². The molecule has 0 aromatic carbocycles. The van der Waals surface area contributed by atoms with E-state index in [1.807, 2.05) is 0 Å². The first-order valence-electron chi connectivity index (χ1n) is 3.27. The van der Waals surface area contributed by atoms with E-state index in [0.717, 1.165) is 12.3 Å². The van der Waals surface area contributed by atoms with Gasteiger partial charge in [-0.3, -0.25) is 0 Å². The minimum absolute atomic E-state index is 0.595. The van der Waals surface area contributed by atoms with Gasteiger partial charge in [-0.2, -0.15) is 0 Å². The Morgan fingerprint density at radius 1 is 1.67 bits per heavy atom. The van der Waals surface area contributed by atoms with Crippen molar-refractivity contribution in [2.24, 2.45) is 5.92 Å². The smallest absolute Gasteiger partial charge is 0.0230 e. The Morgan fingerprint density at radius 2 is 2.33 bits per heavy atom. The molecule has 0 radical (unpaired) electrons. The lowest BCUT2D eigenvalue weighted by atomic mass is 10.1. The van der Waals surface area contributed by atoms with Gasteiger partial charge in [0.25, 0.3) is 0 Å². The van der Waals surface area contributed by atoms with Crippen molar-refractivity contribution < 1.29 is 1.37 Å². The van der Waals surface area contributed by atoms with Gasteiger partial charge in [-0.1, -0.05) is 33.6 Å². The fourth-order valence-electron chi connectivity index (χ4n) is 0.408. The van der Waals surface area contributed by atoms with Crippen molar-refractivity contribution in [1.82, 2.24) is 0 Å². The quantitative estimate of drug-likeness (QED) is 0.485. The molecule has 0 unspecified atom stereocenters. The van der Waals surface area contributed by atoms with Crippen LogP contribution in [0.3, 0.4) is 0 Å². The van der Waals surface area contributed by atoms with E-state index < -0.39 is 0 Å². The summed E-state index contributed by atoms with van der Waals surface area (Å²) in [6, 6.07) is 0. The summed E-state index contributed by atoms with van der Waals surface area (Å²) in [5.41, 5.74) is 0. The maximum Gasteiger partial charge on any atom is 0.0230 e. The van der Waals surface area contributed by atoms with Gasteiger partial charge >= 0.3 is 0 Å². The zero-order chi connectivity index (χ0) is 5.70. The first-order chi connectivity index (χ1) is 3.27. The summed E-state index contributed by atoms with van der Waals surface area (Å²) in [7, 11) is 0. The Balaban J connectivity index is 2.68. The molecular weight excluding hydrogens is 72.1 g/mol. The highest BCUT2D eigenvalue weighted by molar-refractivity contribution is 4.38. The second-order valence-electron chi connectivity index (χ2n) is 2.04. The van der Waals surface area contributed by atoms with Crippen molar-refractivity contribution in [2.45, 2.75) is 33.6 Å². The predicted octanol–water partition coefficient (Wildman–Crippen LogP) is 2.44. The molecule has 0 fully saturated rings. The summed E-state index contributed by atoms with van der Waals surface area (Å²) >= 11 is 0. The van der Waals surface area contributed by atoms with Crippen LogP contribution in [0.25, 0.3) is 0 Å². The highest BCUT2D eigenvalue weighted by Crippen LogP contribution is 2.00. The second-order valence-corrected chi connectivity index (χ2v) is 2.04. The maximum absolute atomic E-state index is 6.80. The molecule has 38 valence electrons. The summed E-state index contributed by atoms with van der Waals surface area (Å²) in [5, 5.41) is 0. The molecular formula is C6H14. The van der Waals surface area contributed by atoms with Crippen LogP contribution in [-0.4, -0.2) is 0 Å². The molecule has 0 N–H and O–H groups in total.